The maximum absolute atomic E-state index is 12.5. The van der Waals surface area contributed by atoms with Gasteiger partial charge in [0.1, 0.15) is 5.78 Å². The Bertz CT molecular complexity index is 498. The lowest BCUT2D eigenvalue weighted by Gasteiger charge is -2.37. The summed E-state index contributed by atoms with van der Waals surface area (Å²) in [7, 11) is 0. The second kappa shape index (κ2) is 8.83. The second-order valence-electron chi connectivity index (χ2n) is 8.22. The molecule has 0 heterocycles. The number of carbonyl (C=O) groups is 1. The van der Waals surface area contributed by atoms with Crippen molar-refractivity contribution in [3.05, 3.63) is 35.9 Å². The molecule has 24 heavy (non-hydrogen) atoms. The van der Waals surface area contributed by atoms with Crippen LogP contribution in [0.15, 0.2) is 30.3 Å². The number of hydrogen-bond acceptors (Lipinski definition) is 1. The van der Waals surface area contributed by atoms with Gasteiger partial charge in [0.25, 0.3) is 0 Å². The van der Waals surface area contributed by atoms with Gasteiger partial charge in [-0.3, -0.25) is 4.79 Å². The van der Waals surface area contributed by atoms with Crippen LogP contribution in [0.5, 0.6) is 0 Å². The molecule has 1 nitrogen and oxygen atoms in total. The van der Waals surface area contributed by atoms with Crippen LogP contribution in [0.25, 0.3) is 0 Å². The van der Waals surface area contributed by atoms with Crippen molar-refractivity contribution in [3.8, 4) is 0 Å². The molecule has 2 atom stereocenters. The van der Waals surface area contributed by atoms with Crippen LogP contribution in [-0.4, -0.2) is 5.78 Å². The number of Topliss-reactive ketones (excluding diaryl/α,β-unsaturated/α-hetero) is 1. The van der Waals surface area contributed by atoms with Crippen molar-refractivity contribution in [2.75, 3.05) is 0 Å². The maximum atomic E-state index is 12.5. The Labute approximate surface area is 148 Å². The molecule has 1 aromatic carbocycles. The van der Waals surface area contributed by atoms with Gasteiger partial charge >= 0.3 is 0 Å². The molecule has 0 aliphatic heterocycles. The van der Waals surface area contributed by atoms with E-state index in [9.17, 15) is 4.79 Å². The fourth-order valence-corrected chi connectivity index (χ4v) is 5.10. The smallest absolute Gasteiger partial charge is 0.136 e. The predicted octanol–water partition coefficient (Wildman–Crippen LogP) is 6.53. The molecule has 0 amide bonds. The highest BCUT2D eigenvalue weighted by molar-refractivity contribution is 5.81. The van der Waals surface area contributed by atoms with Gasteiger partial charge in [0.15, 0.2) is 0 Å². The largest absolute Gasteiger partial charge is 0.299 e. The summed E-state index contributed by atoms with van der Waals surface area (Å²) in [5.41, 5.74) is 1.52. The highest BCUT2D eigenvalue weighted by Gasteiger charge is 2.34. The first kappa shape index (κ1) is 17.7. The maximum Gasteiger partial charge on any atom is 0.136 e. The van der Waals surface area contributed by atoms with Crippen LogP contribution in [0.2, 0.25) is 0 Å². The Hall–Kier alpha value is -1.11. The Morgan fingerprint density at radius 2 is 1.58 bits per heavy atom. The van der Waals surface area contributed by atoms with E-state index in [2.05, 4.69) is 37.3 Å². The number of ketones is 1. The van der Waals surface area contributed by atoms with Crippen LogP contribution in [0, 0.1) is 17.8 Å². The molecule has 0 N–H and O–H groups in total. The highest BCUT2D eigenvalue weighted by Crippen LogP contribution is 2.43. The summed E-state index contributed by atoms with van der Waals surface area (Å²) in [5, 5.41) is 0. The topological polar surface area (TPSA) is 17.1 Å². The third kappa shape index (κ3) is 4.49. The quantitative estimate of drug-likeness (QED) is 0.543. The van der Waals surface area contributed by atoms with Gasteiger partial charge in [0, 0.05) is 12.3 Å². The van der Waals surface area contributed by atoms with E-state index in [-0.39, 0.29) is 0 Å². The van der Waals surface area contributed by atoms with Crippen LogP contribution in [0.1, 0.15) is 89.0 Å². The van der Waals surface area contributed by atoms with Gasteiger partial charge in [-0.2, -0.15) is 0 Å². The van der Waals surface area contributed by atoms with E-state index in [1.165, 1.54) is 63.4 Å². The van der Waals surface area contributed by atoms with Crippen molar-refractivity contribution >= 4 is 5.78 Å². The molecule has 2 aliphatic rings. The van der Waals surface area contributed by atoms with Crippen molar-refractivity contribution in [1.29, 1.82) is 0 Å². The standard InChI is InChI=1S/C23H34O/c1-2-3-5-10-21-15-16-22(17-23(21)24)20-13-11-19(12-14-20)18-8-6-4-7-9-18/h4,6-9,19-22H,2-3,5,10-17H2,1H3/t19-,20-,21-,22-/m1/s1. The zero-order valence-corrected chi connectivity index (χ0v) is 15.4. The summed E-state index contributed by atoms with van der Waals surface area (Å²) in [4.78, 5) is 12.5. The van der Waals surface area contributed by atoms with E-state index in [1.54, 1.807) is 0 Å². The van der Waals surface area contributed by atoms with E-state index in [0.717, 1.165) is 24.7 Å². The number of unbranched alkanes of at least 4 members (excludes halogenated alkanes) is 2. The zero-order valence-electron chi connectivity index (χ0n) is 15.4. The molecule has 1 aromatic rings. The molecular weight excluding hydrogens is 292 g/mol. The SMILES string of the molecule is CCCCC[C@@H]1CC[C@@H]([C@H]2CC[C@H](c3ccccc3)CC2)CC1=O. The lowest BCUT2D eigenvalue weighted by molar-refractivity contribution is -0.127. The number of hydrogen-bond donors (Lipinski definition) is 0. The summed E-state index contributed by atoms with van der Waals surface area (Å²) in [6.07, 6.45) is 13.6. The van der Waals surface area contributed by atoms with E-state index in [4.69, 9.17) is 0 Å². The number of benzene rings is 1. The monoisotopic (exact) mass is 326 g/mol. The van der Waals surface area contributed by atoms with Gasteiger partial charge in [-0.1, -0.05) is 56.5 Å². The zero-order chi connectivity index (χ0) is 16.8. The highest BCUT2D eigenvalue weighted by atomic mass is 16.1. The van der Waals surface area contributed by atoms with Gasteiger partial charge in [-0.15, -0.1) is 0 Å². The first-order valence-electron chi connectivity index (χ1n) is 10.4. The van der Waals surface area contributed by atoms with Crippen LogP contribution in [0.3, 0.4) is 0 Å². The van der Waals surface area contributed by atoms with E-state index < -0.39 is 0 Å². The van der Waals surface area contributed by atoms with Gasteiger partial charge in [-0.05, 0) is 68.3 Å². The van der Waals surface area contributed by atoms with Crippen molar-refractivity contribution in [2.24, 2.45) is 17.8 Å². The first-order chi connectivity index (χ1) is 11.8. The first-order valence-corrected chi connectivity index (χ1v) is 10.4. The minimum absolute atomic E-state index is 0.397. The number of carbonyl (C=O) groups excluding carboxylic acids is 1. The van der Waals surface area contributed by atoms with E-state index >= 15 is 0 Å². The third-order valence-corrected chi connectivity index (χ3v) is 6.67. The predicted molar refractivity (Wildman–Crippen MR) is 101 cm³/mol. The summed E-state index contributed by atoms with van der Waals surface area (Å²) >= 11 is 0. The Balaban J connectivity index is 1.45. The fourth-order valence-electron chi connectivity index (χ4n) is 5.10. The second-order valence-corrected chi connectivity index (χ2v) is 8.22. The van der Waals surface area contributed by atoms with E-state index in [1.807, 2.05) is 0 Å². The Morgan fingerprint density at radius 3 is 2.25 bits per heavy atom. The lowest BCUT2D eigenvalue weighted by Crippen LogP contribution is -2.31. The lowest BCUT2D eigenvalue weighted by atomic mass is 9.67. The Morgan fingerprint density at radius 1 is 0.875 bits per heavy atom. The molecule has 0 unspecified atom stereocenters. The molecule has 2 fully saturated rings. The molecule has 0 bridgehead atoms. The average molecular weight is 327 g/mol. The molecule has 0 spiro atoms. The number of rotatable bonds is 6. The van der Waals surface area contributed by atoms with E-state index in [0.29, 0.717) is 17.6 Å². The molecule has 2 aliphatic carbocycles. The molecule has 3 rings (SSSR count). The third-order valence-electron chi connectivity index (χ3n) is 6.67. The Kier molecular flexibility index (Phi) is 6.51. The molecule has 2 saturated carbocycles. The fraction of sp³-hybridized carbons (Fsp3) is 0.696. The molecule has 0 saturated heterocycles. The van der Waals surface area contributed by atoms with Gasteiger partial charge < -0.3 is 0 Å². The summed E-state index contributed by atoms with van der Waals surface area (Å²) in [6.45, 7) is 2.24. The van der Waals surface area contributed by atoms with Crippen molar-refractivity contribution in [1.82, 2.24) is 0 Å². The van der Waals surface area contributed by atoms with Gasteiger partial charge in [-0.25, -0.2) is 0 Å². The molecule has 0 aromatic heterocycles. The van der Waals surface area contributed by atoms with Crippen molar-refractivity contribution in [2.45, 2.75) is 83.5 Å². The normalized spacial score (nSPS) is 31.1. The summed E-state index contributed by atoms with van der Waals surface area (Å²) in [6, 6.07) is 11.0. The molecule has 132 valence electrons. The molecule has 1 heteroatoms. The molecular formula is C23H34O. The minimum Gasteiger partial charge on any atom is -0.299 e. The summed E-state index contributed by atoms with van der Waals surface area (Å²) in [5.74, 6) is 3.24. The van der Waals surface area contributed by atoms with Crippen LogP contribution in [-0.2, 0) is 4.79 Å². The minimum atomic E-state index is 0.397. The van der Waals surface area contributed by atoms with Gasteiger partial charge in [0.2, 0.25) is 0 Å². The van der Waals surface area contributed by atoms with Crippen LogP contribution >= 0.6 is 0 Å². The molecule has 0 radical (unpaired) electrons. The van der Waals surface area contributed by atoms with Crippen molar-refractivity contribution in [3.63, 3.8) is 0 Å². The van der Waals surface area contributed by atoms with Gasteiger partial charge in [0.05, 0.1) is 0 Å². The average Bonchev–Trinajstić information content (AvgIpc) is 2.64. The van der Waals surface area contributed by atoms with Crippen LogP contribution < -0.4 is 0 Å². The summed E-state index contributed by atoms with van der Waals surface area (Å²) < 4.78 is 0. The van der Waals surface area contributed by atoms with Crippen LogP contribution in [0.4, 0.5) is 0 Å². The van der Waals surface area contributed by atoms with Crippen molar-refractivity contribution < 1.29 is 4.79 Å².